The molecule has 1 saturated heterocycles. The van der Waals surface area contributed by atoms with Gasteiger partial charge in [0.1, 0.15) is 11.5 Å². The van der Waals surface area contributed by atoms with Crippen LogP contribution in [0.1, 0.15) is 46.8 Å². The van der Waals surface area contributed by atoms with E-state index in [0.29, 0.717) is 41.1 Å². The second kappa shape index (κ2) is 6.81. The summed E-state index contributed by atoms with van der Waals surface area (Å²) >= 11 is 0. The summed E-state index contributed by atoms with van der Waals surface area (Å²) in [5, 5.41) is 4.70. The van der Waals surface area contributed by atoms with Crippen LogP contribution in [0.4, 0.5) is 0 Å². The van der Waals surface area contributed by atoms with Gasteiger partial charge in [0.2, 0.25) is 0 Å². The molecule has 1 aliphatic heterocycles. The van der Waals surface area contributed by atoms with E-state index >= 15 is 0 Å². The highest BCUT2D eigenvalue weighted by molar-refractivity contribution is 6.07. The molecule has 1 aliphatic rings. The van der Waals surface area contributed by atoms with Crippen LogP contribution >= 0.6 is 0 Å². The Kier molecular flexibility index (Phi) is 4.47. The zero-order valence-electron chi connectivity index (χ0n) is 15.9. The lowest BCUT2D eigenvalue weighted by Gasteiger charge is -2.35. The number of nitrogens with zero attached hydrogens (tertiary/aromatic N) is 3. The Morgan fingerprint density at radius 2 is 2.11 bits per heavy atom. The van der Waals surface area contributed by atoms with E-state index < -0.39 is 0 Å². The van der Waals surface area contributed by atoms with Crippen molar-refractivity contribution in [2.24, 2.45) is 5.73 Å². The Labute approximate surface area is 157 Å². The molecule has 0 aliphatic carbocycles. The van der Waals surface area contributed by atoms with E-state index in [9.17, 15) is 4.79 Å². The van der Waals surface area contributed by atoms with Gasteiger partial charge in [-0.1, -0.05) is 5.16 Å². The molecule has 2 N–H and O–H groups in total. The molecule has 7 nitrogen and oxygen atoms in total. The molecule has 4 rings (SSSR count). The van der Waals surface area contributed by atoms with Crippen molar-refractivity contribution in [2.45, 2.75) is 46.1 Å². The Hall–Kier alpha value is -2.67. The predicted octanol–water partition coefficient (Wildman–Crippen LogP) is 3.36. The van der Waals surface area contributed by atoms with Crippen LogP contribution in [-0.4, -0.2) is 40.1 Å². The van der Waals surface area contributed by atoms with Gasteiger partial charge in [0, 0.05) is 24.7 Å². The number of nitrogens with two attached hydrogens (primary N) is 1. The number of pyridine rings is 1. The van der Waals surface area contributed by atoms with Crippen molar-refractivity contribution in [2.75, 3.05) is 13.1 Å². The number of rotatable bonds is 3. The summed E-state index contributed by atoms with van der Waals surface area (Å²) in [7, 11) is 0. The number of aromatic nitrogens is 2. The smallest absolute Gasteiger partial charge is 0.259 e. The van der Waals surface area contributed by atoms with Crippen LogP contribution in [0.5, 0.6) is 0 Å². The van der Waals surface area contributed by atoms with Crippen molar-refractivity contribution in [3.05, 3.63) is 34.9 Å². The van der Waals surface area contributed by atoms with E-state index in [1.807, 2.05) is 37.8 Å². The molecule has 142 valence electrons. The molecule has 1 fully saturated rings. The normalized spacial score (nSPS) is 17.6. The van der Waals surface area contributed by atoms with E-state index in [-0.39, 0.29) is 11.9 Å². The third-order valence-electron chi connectivity index (χ3n) is 5.32. The summed E-state index contributed by atoms with van der Waals surface area (Å²) in [6, 6.07) is 3.81. The van der Waals surface area contributed by atoms with Gasteiger partial charge in [-0.25, -0.2) is 4.98 Å². The van der Waals surface area contributed by atoms with Crippen LogP contribution in [0.3, 0.4) is 0 Å². The molecule has 1 amide bonds. The van der Waals surface area contributed by atoms with Crippen molar-refractivity contribution in [1.29, 1.82) is 0 Å². The lowest BCUT2D eigenvalue weighted by molar-refractivity contribution is 0.0625. The first kappa shape index (κ1) is 17.7. The lowest BCUT2D eigenvalue weighted by Crippen LogP contribution is -2.47. The van der Waals surface area contributed by atoms with Gasteiger partial charge in [-0.3, -0.25) is 4.79 Å². The van der Waals surface area contributed by atoms with Gasteiger partial charge in [-0.15, -0.1) is 0 Å². The van der Waals surface area contributed by atoms with Crippen LogP contribution < -0.4 is 5.73 Å². The maximum absolute atomic E-state index is 13.5. The molecule has 3 aromatic heterocycles. The average molecular weight is 368 g/mol. The number of carbonyl (C=O) groups excluding carboxylic acids is 1. The molecular formula is C20H24N4O3. The minimum atomic E-state index is -0.0389. The van der Waals surface area contributed by atoms with Gasteiger partial charge >= 0.3 is 0 Å². The highest BCUT2D eigenvalue weighted by Gasteiger charge is 2.30. The summed E-state index contributed by atoms with van der Waals surface area (Å²) < 4.78 is 11.0. The summed E-state index contributed by atoms with van der Waals surface area (Å²) in [5.74, 6) is 1.51. The molecule has 3 aromatic rings. The second-order valence-corrected chi connectivity index (χ2v) is 7.21. The minimum Gasteiger partial charge on any atom is -0.466 e. The number of likely N-dealkylation sites (tertiary alicyclic amines) is 1. The third-order valence-corrected chi connectivity index (χ3v) is 5.32. The van der Waals surface area contributed by atoms with Gasteiger partial charge in [0.05, 0.1) is 22.3 Å². The van der Waals surface area contributed by atoms with Crippen molar-refractivity contribution in [1.82, 2.24) is 15.0 Å². The van der Waals surface area contributed by atoms with Crippen molar-refractivity contribution in [3.63, 3.8) is 0 Å². The Morgan fingerprint density at radius 3 is 2.81 bits per heavy atom. The highest BCUT2D eigenvalue weighted by atomic mass is 16.5. The fourth-order valence-electron chi connectivity index (χ4n) is 3.95. The number of hydrogen-bond acceptors (Lipinski definition) is 6. The first-order valence-corrected chi connectivity index (χ1v) is 9.35. The quantitative estimate of drug-likeness (QED) is 0.761. The predicted molar refractivity (Wildman–Crippen MR) is 101 cm³/mol. The SMILES string of the molecule is Cc1cc(-c2cc(C(=O)N3CCCCC3CN)c3c(C)noc3n2)c(C)o1. The summed E-state index contributed by atoms with van der Waals surface area (Å²) in [5.41, 5.74) is 9.02. The summed E-state index contributed by atoms with van der Waals surface area (Å²) in [6.45, 7) is 6.78. The molecule has 0 bridgehead atoms. The number of amides is 1. The Balaban J connectivity index is 1.86. The minimum absolute atomic E-state index is 0.0389. The fraction of sp³-hybridized carbons (Fsp3) is 0.450. The lowest BCUT2D eigenvalue weighted by atomic mass is 9.99. The van der Waals surface area contributed by atoms with Gasteiger partial charge in [-0.2, -0.15) is 0 Å². The van der Waals surface area contributed by atoms with E-state index in [1.165, 1.54) is 0 Å². The molecule has 0 aromatic carbocycles. The highest BCUT2D eigenvalue weighted by Crippen LogP contribution is 2.32. The molecule has 7 heteroatoms. The van der Waals surface area contributed by atoms with Crippen molar-refractivity contribution < 1.29 is 13.7 Å². The molecule has 0 saturated carbocycles. The molecule has 27 heavy (non-hydrogen) atoms. The van der Waals surface area contributed by atoms with E-state index in [2.05, 4.69) is 10.1 Å². The largest absolute Gasteiger partial charge is 0.466 e. The molecular weight excluding hydrogens is 344 g/mol. The molecule has 0 spiro atoms. The monoisotopic (exact) mass is 368 g/mol. The topological polar surface area (TPSA) is 98.4 Å². The molecule has 0 radical (unpaired) electrons. The molecule has 1 atom stereocenters. The maximum Gasteiger partial charge on any atom is 0.259 e. The second-order valence-electron chi connectivity index (χ2n) is 7.21. The van der Waals surface area contributed by atoms with E-state index in [1.54, 1.807) is 0 Å². The van der Waals surface area contributed by atoms with Crippen molar-refractivity contribution in [3.8, 4) is 11.3 Å². The van der Waals surface area contributed by atoms with Crippen LogP contribution in [-0.2, 0) is 0 Å². The van der Waals surface area contributed by atoms with Crippen LogP contribution in [0.25, 0.3) is 22.4 Å². The Bertz CT molecular complexity index is 1000. The summed E-state index contributed by atoms with van der Waals surface area (Å²) in [6.07, 6.45) is 3.03. The number of hydrogen-bond donors (Lipinski definition) is 1. The number of furan rings is 1. The number of carbonyl (C=O) groups is 1. The van der Waals surface area contributed by atoms with Gasteiger partial charge in [0.15, 0.2) is 0 Å². The maximum atomic E-state index is 13.5. The van der Waals surface area contributed by atoms with E-state index in [0.717, 1.165) is 36.3 Å². The number of piperidine rings is 1. The number of aryl methyl sites for hydroxylation is 3. The number of fused-ring (bicyclic) bond motifs is 1. The van der Waals surface area contributed by atoms with Gasteiger partial charge in [0.25, 0.3) is 11.6 Å². The average Bonchev–Trinajstić information content (AvgIpc) is 3.22. The fourth-order valence-corrected chi connectivity index (χ4v) is 3.95. The molecule has 1 unspecified atom stereocenters. The van der Waals surface area contributed by atoms with Crippen LogP contribution in [0.15, 0.2) is 21.1 Å². The molecule has 4 heterocycles. The van der Waals surface area contributed by atoms with Crippen LogP contribution in [0, 0.1) is 20.8 Å². The third kappa shape index (κ3) is 3.02. The Morgan fingerprint density at radius 1 is 1.30 bits per heavy atom. The van der Waals surface area contributed by atoms with Gasteiger partial charge in [-0.05, 0) is 52.2 Å². The zero-order chi connectivity index (χ0) is 19.1. The van der Waals surface area contributed by atoms with E-state index in [4.69, 9.17) is 14.7 Å². The standard InChI is InChI=1S/C20H24N4O3/c1-11-8-15(13(3)26-11)17-9-16(18-12(2)23-27-19(18)22-17)20(25)24-7-5-4-6-14(24)10-21/h8-9,14H,4-7,10,21H2,1-3H3. The first-order valence-electron chi connectivity index (χ1n) is 9.35. The van der Waals surface area contributed by atoms with Gasteiger partial charge < -0.3 is 19.6 Å². The van der Waals surface area contributed by atoms with Crippen molar-refractivity contribution >= 4 is 17.0 Å². The summed E-state index contributed by atoms with van der Waals surface area (Å²) in [4.78, 5) is 19.9. The first-order chi connectivity index (χ1) is 13.0. The van der Waals surface area contributed by atoms with Crippen LogP contribution in [0.2, 0.25) is 0 Å². The zero-order valence-corrected chi connectivity index (χ0v) is 15.9.